The van der Waals surface area contributed by atoms with Crippen molar-refractivity contribution in [1.82, 2.24) is 0 Å². The summed E-state index contributed by atoms with van der Waals surface area (Å²) in [5, 5.41) is 19.9. The molecule has 1 rings (SSSR count). The molecule has 1 N–H and O–H groups in total. The molecule has 0 amide bonds. The Hall–Kier alpha value is -0.0600. The maximum absolute atomic E-state index is 10.4. The molecule has 0 aromatic heterocycles. The molecule has 0 spiro atoms. The van der Waals surface area contributed by atoms with Gasteiger partial charge in [0.2, 0.25) is 0 Å². The van der Waals surface area contributed by atoms with Crippen molar-refractivity contribution in [2.75, 3.05) is 6.61 Å². The molecule has 0 heterocycles. The molecule has 0 radical (unpaired) electrons. The van der Waals surface area contributed by atoms with E-state index in [9.17, 15) is 9.90 Å². The molecule has 0 aliphatic heterocycles. The number of aliphatic carboxylic acids is 1. The van der Waals surface area contributed by atoms with E-state index in [4.69, 9.17) is 16.7 Å². The molecule has 0 aliphatic carbocycles. The minimum atomic E-state index is -1.17. The fourth-order valence-corrected chi connectivity index (χ4v) is 1.35. The van der Waals surface area contributed by atoms with Crippen LogP contribution >= 0.6 is 11.6 Å². The van der Waals surface area contributed by atoms with E-state index in [0.717, 1.165) is 5.56 Å². The van der Waals surface area contributed by atoms with Crippen molar-refractivity contribution >= 4 is 17.6 Å². The van der Waals surface area contributed by atoms with Crippen LogP contribution < -0.4 is 34.7 Å². The third-order valence-electron chi connectivity index (χ3n) is 1.97. The molecule has 1 aromatic rings. The van der Waals surface area contributed by atoms with E-state index < -0.39 is 11.9 Å². The largest absolute Gasteiger partial charge is 1.00 e. The fraction of sp³-hybridized carbons (Fsp3) is 0.300. The number of carboxylic acid groups (broad SMARTS) is 1. The van der Waals surface area contributed by atoms with Crippen LogP contribution in [-0.2, 0) is 4.79 Å². The number of carbonyl (C=O) groups excluding carboxylic acids is 1. The topological polar surface area (TPSA) is 60.4 Å². The van der Waals surface area contributed by atoms with Crippen molar-refractivity contribution < 1.29 is 44.6 Å². The van der Waals surface area contributed by atoms with Crippen molar-refractivity contribution in [1.29, 1.82) is 0 Å². The molecule has 1 aromatic carbocycles. The van der Waals surface area contributed by atoms with Gasteiger partial charge < -0.3 is 15.0 Å². The molecule has 15 heavy (non-hydrogen) atoms. The molecule has 0 bridgehead atoms. The van der Waals surface area contributed by atoms with Gasteiger partial charge in [-0.05, 0) is 24.1 Å². The third kappa shape index (κ3) is 5.00. The summed E-state index contributed by atoms with van der Waals surface area (Å²) in [7, 11) is 0. The van der Waals surface area contributed by atoms with E-state index in [-0.39, 0.29) is 42.6 Å². The Kier molecular flexibility index (Phi) is 7.22. The molecule has 5 heteroatoms. The Bertz CT molecular complexity index is 313. The average Bonchev–Trinajstić information content (AvgIpc) is 2.15. The van der Waals surface area contributed by atoms with E-state index in [1.807, 2.05) is 0 Å². The maximum Gasteiger partial charge on any atom is 1.00 e. The van der Waals surface area contributed by atoms with Crippen LogP contribution in [0.1, 0.15) is 17.9 Å². The minimum absolute atomic E-state index is 0. The van der Waals surface area contributed by atoms with Crippen molar-refractivity contribution in [3.05, 3.63) is 34.9 Å². The molecular formula is C10H10ClNaO3. The van der Waals surface area contributed by atoms with Gasteiger partial charge in [0.25, 0.3) is 0 Å². The van der Waals surface area contributed by atoms with Crippen LogP contribution in [-0.4, -0.2) is 17.7 Å². The Morgan fingerprint density at radius 3 is 2.33 bits per heavy atom. The number of aliphatic hydroxyl groups excluding tert-OH is 1. The predicted molar refractivity (Wildman–Crippen MR) is 50.9 cm³/mol. The van der Waals surface area contributed by atoms with Gasteiger partial charge in [0.15, 0.2) is 0 Å². The van der Waals surface area contributed by atoms with Crippen molar-refractivity contribution in [3.63, 3.8) is 0 Å². The summed E-state index contributed by atoms with van der Waals surface area (Å²) in [6.07, 6.45) is -0.182. The first kappa shape index (κ1) is 14.9. The van der Waals surface area contributed by atoms with Gasteiger partial charge in [-0.2, -0.15) is 0 Å². The van der Waals surface area contributed by atoms with Gasteiger partial charge in [-0.3, -0.25) is 0 Å². The SMILES string of the molecule is O=C([O-])CC(CO)[13c]1[13cH][13cH][13c](Cl)[13cH][13cH]1.[Na+]. The van der Waals surface area contributed by atoms with Gasteiger partial charge >= 0.3 is 29.6 Å². The molecule has 0 saturated heterocycles. The summed E-state index contributed by atoms with van der Waals surface area (Å²) in [6, 6.07) is 6.72. The number of aliphatic hydroxyl groups is 1. The number of hydrogen-bond donors (Lipinski definition) is 1. The van der Waals surface area contributed by atoms with Crippen molar-refractivity contribution in [2.45, 2.75) is 12.3 Å². The second-order valence-electron chi connectivity index (χ2n) is 3.01. The standard InChI is InChI=1S/C10H11ClO3.Na/c11-9-3-1-7(2-4-9)8(6-12)5-10(13)14;/h1-4,8,12H,5-6H2,(H,13,14);/q;+1/p-1/i1+1,2+1,3+1,4+1,7+1,9+1;. The third-order valence-corrected chi connectivity index (χ3v) is 2.23. The maximum atomic E-state index is 10.4. The first-order valence-electron chi connectivity index (χ1n) is 4.19. The molecular weight excluding hydrogens is 233 g/mol. The van der Waals surface area contributed by atoms with Crippen LogP contribution in [0.3, 0.4) is 0 Å². The first-order chi connectivity index (χ1) is 6.63. The summed E-state index contributed by atoms with van der Waals surface area (Å²) in [6.45, 7) is -0.213. The van der Waals surface area contributed by atoms with Gasteiger partial charge in [-0.15, -0.1) is 0 Å². The monoisotopic (exact) mass is 242 g/mol. The zero-order valence-corrected chi connectivity index (χ0v) is 11.2. The molecule has 0 fully saturated rings. The van der Waals surface area contributed by atoms with Crippen molar-refractivity contribution in [2.24, 2.45) is 0 Å². The molecule has 0 aliphatic rings. The van der Waals surface area contributed by atoms with E-state index in [1.54, 1.807) is 24.3 Å². The van der Waals surface area contributed by atoms with Crippen LogP contribution in [0.5, 0.6) is 0 Å². The Labute approximate surface area is 115 Å². The quantitative estimate of drug-likeness (QED) is 0.597. The summed E-state index contributed by atoms with van der Waals surface area (Å²) in [5.41, 5.74) is 0.751. The van der Waals surface area contributed by atoms with Gasteiger partial charge in [0.1, 0.15) is 0 Å². The number of hydrogen-bond acceptors (Lipinski definition) is 3. The number of halogens is 1. The fourth-order valence-electron chi connectivity index (χ4n) is 1.22. The normalized spacial score (nSPS) is 11.6. The second kappa shape index (κ2) is 7.25. The Balaban J connectivity index is 0.00000196. The summed E-state index contributed by atoms with van der Waals surface area (Å²) >= 11 is 5.67. The van der Waals surface area contributed by atoms with E-state index in [1.165, 1.54) is 0 Å². The Morgan fingerprint density at radius 1 is 1.40 bits per heavy atom. The second-order valence-corrected chi connectivity index (χ2v) is 3.44. The van der Waals surface area contributed by atoms with Gasteiger partial charge in [-0.25, -0.2) is 0 Å². The minimum Gasteiger partial charge on any atom is -0.550 e. The zero-order valence-electron chi connectivity index (χ0n) is 8.44. The summed E-state index contributed by atoms with van der Waals surface area (Å²) in [4.78, 5) is 10.4. The summed E-state index contributed by atoms with van der Waals surface area (Å²) < 4.78 is 0. The molecule has 3 nitrogen and oxygen atoms in total. The van der Waals surface area contributed by atoms with Crippen LogP contribution in [0.4, 0.5) is 0 Å². The molecule has 1 atom stereocenters. The van der Waals surface area contributed by atoms with Crippen LogP contribution in [0, 0.1) is 0 Å². The van der Waals surface area contributed by atoms with Crippen LogP contribution in [0.2, 0.25) is 5.02 Å². The Morgan fingerprint density at radius 2 is 1.93 bits per heavy atom. The summed E-state index contributed by atoms with van der Waals surface area (Å²) in [5.74, 6) is -1.59. The van der Waals surface area contributed by atoms with E-state index in [2.05, 4.69) is 0 Å². The van der Waals surface area contributed by atoms with Crippen LogP contribution in [0.25, 0.3) is 0 Å². The molecule has 1 unspecified atom stereocenters. The van der Waals surface area contributed by atoms with Gasteiger partial charge in [0, 0.05) is 16.9 Å². The first-order valence-corrected chi connectivity index (χ1v) is 4.57. The van der Waals surface area contributed by atoms with E-state index >= 15 is 0 Å². The van der Waals surface area contributed by atoms with E-state index in [0.29, 0.717) is 5.02 Å². The van der Waals surface area contributed by atoms with Crippen LogP contribution in [0.15, 0.2) is 24.3 Å². The zero-order chi connectivity index (χ0) is 10.6. The van der Waals surface area contributed by atoms with Gasteiger partial charge in [0.05, 0.1) is 6.61 Å². The predicted octanol–water partition coefficient (Wildman–Crippen LogP) is -2.44. The van der Waals surface area contributed by atoms with Gasteiger partial charge in [-0.1, -0.05) is 23.7 Å². The smallest absolute Gasteiger partial charge is 0.550 e. The average molecular weight is 243 g/mol. The molecule has 76 valence electrons. The molecule has 0 saturated carbocycles. The number of carboxylic acids is 1. The number of benzene rings is 1. The number of carbonyl (C=O) groups is 1. The van der Waals surface area contributed by atoms with Crippen molar-refractivity contribution in [3.8, 4) is 0 Å². The number of rotatable bonds is 4.